The van der Waals surface area contributed by atoms with Crippen molar-refractivity contribution in [3.05, 3.63) is 47.1 Å². The molecule has 3 N–H and O–H groups in total. The molecule has 0 saturated heterocycles. The number of anilines is 1. The van der Waals surface area contributed by atoms with Crippen molar-refractivity contribution >= 4 is 11.6 Å². The number of aromatic amines is 1. The molecule has 0 saturated carbocycles. The molecule has 106 valence electrons. The summed E-state index contributed by atoms with van der Waals surface area (Å²) in [5.41, 5.74) is 1.25. The second-order valence-electron chi connectivity index (χ2n) is 4.77. The Morgan fingerprint density at radius 2 is 2.00 bits per heavy atom. The molecule has 0 radical (unpaired) electrons. The smallest absolute Gasteiger partial charge is 0.325 e. The van der Waals surface area contributed by atoms with Crippen molar-refractivity contribution in [3.8, 4) is 5.69 Å². The molecule has 0 fully saturated rings. The Balaban J connectivity index is 2.00. The lowest BCUT2D eigenvalue weighted by molar-refractivity contribution is -0.115. The Bertz CT molecular complexity index is 625. The topological polar surface area (TPSA) is 78.9 Å². The fourth-order valence-electron chi connectivity index (χ4n) is 1.73. The number of imidazole rings is 1. The number of aromatic nitrogens is 2. The van der Waals surface area contributed by atoms with E-state index in [2.05, 4.69) is 15.6 Å². The summed E-state index contributed by atoms with van der Waals surface area (Å²) in [7, 11) is 0. The summed E-state index contributed by atoms with van der Waals surface area (Å²) in [6.07, 6.45) is 3.23. The lowest BCUT2D eigenvalue weighted by Gasteiger charge is -2.09. The molecule has 6 nitrogen and oxygen atoms in total. The molecular formula is C14H18N4O2. The van der Waals surface area contributed by atoms with E-state index in [1.807, 2.05) is 13.8 Å². The molecule has 6 heteroatoms. The van der Waals surface area contributed by atoms with E-state index in [0.29, 0.717) is 5.69 Å². The third-order valence-corrected chi connectivity index (χ3v) is 2.75. The minimum atomic E-state index is -0.192. The van der Waals surface area contributed by atoms with E-state index in [0.717, 1.165) is 5.69 Å². The predicted molar refractivity (Wildman–Crippen MR) is 78.2 cm³/mol. The Hall–Kier alpha value is -2.34. The van der Waals surface area contributed by atoms with Crippen molar-refractivity contribution in [1.29, 1.82) is 0 Å². The molecule has 0 aliphatic heterocycles. The summed E-state index contributed by atoms with van der Waals surface area (Å²) in [6, 6.07) is 7.36. The maximum absolute atomic E-state index is 11.7. The van der Waals surface area contributed by atoms with Crippen LogP contribution in [0.5, 0.6) is 0 Å². The van der Waals surface area contributed by atoms with Gasteiger partial charge < -0.3 is 15.6 Å². The number of hydrogen-bond donors (Lipinski definition) is 3. The third kappa shape index (κ3) is 3.58. The van der Waals surface area contributed by atoms with E-state index in [-0.39, 0.29) is 24.2 Å². The van der Waals surface area contributed by atoms with Gasteiger partial charge in [0.25, 0.3) is 0 Å². The molecule has 20 heavy (non-hydrogen) atoms. The van der Waals surface area contributed by atoms with Gasteiger partial charge in [-0.25, -0.2) is 4.79 Å². The quantitative estimate of drug-likeness (QED) is 0.764. The Kier molecular flexibility index (Phi) is 4.37. The lowest BCUT2D eigenvalue weighted by atomic mass is 10.2. The minimum absolute atomic E-state index is 0.0924. The van der Waals surface area contributed by atoms with E-state index < -0.39 is 0 Å². The zero-order chi connectivity index (χ0) is 14.5. The molecule has 0 atom stereocenters. The van der Waals surface area contributed by atoms with Gasteiger partial charge in [-0.2, -0.15) is 0 Å². The first kappa shape index (κ1) is 14.1. The number of hydrogen-bond acceptors (Lipinski definition) is 3. The normalized spacial score (nSPS) is 10.8. The highest BCUT2D eigenvalue weighted by Crippen LogP contribution is 2.11. The summed E-state index contributed by atoms with van der Waals surface area (Å²) in [5.74, 6) is -0.0924. The molecule has 2 rings (SSSR count). The van der Waals surface area contributed by atoms with Crippen LogP contribution in [0.25, 0.3) is 5.69 Å². The van der Waals surface area contributed by atoms with Gasteiger partial charge in [-0.3, -0.25) is 9.36 Å². The van der Waals surface area contributed by atoms with Gasteiger partial charge in [0, 0.05) is 24.1 Å². The van der Waals surface area contributed by atoms with Crippen molar-refractivity contribution in [2.24, 2.45) is 0 Å². The molecular weight excluding hydrogens is 256 g/mol. The highest BCUT2D eigenvalue weighted by Gasteiger charge is 2.04. The van der Waals surface area contributed by atoms with Crippen molar-refractivity contribution in [1.82, 2.24) is 14.9 Å². The van der Waals surface area contributed by atoms with Crippen LogP contribution in [0.1, 0.15) is 13.8 Å². The second-order valence-corrected chi connectivity index (χ2v) is 4.77. The number of carbonyl (C=O) groups excluding carboxylic acids is 1. The Labute approximate surface area is 116 Å². The van der Waals surface area contributed by atoms with Gasteiger partial charge in [-0.1, -0.05) is 13.8 Å². The van der Waals surface area contributed by atoms with Gasteiger partial charge in [-0.15, -0.1) is 0 Å². The number of H-pyrrole nitrogens is 1. The van der Waals surface area contributed by atoms with Crippen LogP contribution in [0, 0.1) is 0 Å². The fourth-order valence-corrected chi connectivity index (χ4v) is 1.73. The first-order valence-corrected chi connectivity index (χ1v) is 6.46. The van der Waals surface area contributed by atoms with Gasteiger partial charge in [0.2, 0.25) is 5.91 Å². The molecule has 1 aromatic heterocycles. The Morgan fingerprint density at radius 1 is 1.30 bits per heavy atom. The molecule has 2 aromatic rings. The number of amides is 1. The van der Waals surface area contributed by atoms with Gasteiger partial charge in [0.05, 0.1) is 12.2 Å². The van der Waals surface area contributed by atoms with Crippen LogP contribution in [0.15, 0.2) is 41.5 Å². The summed E-state index contributed by atoms with van der Waals surface area (Å²) >= 11 is 0. The van der Waals surface area contributed by atoms with Crippen molar-refractivity contribution < 1.29 is 4.79 Å². The first-order valence-electron chi connectivity index (χ1n) is 6.46. The zero-order valence-corrected chi connectivity index (χ0v) is 11.5. The fraction of sp³-hybridized carbons (Fsp3) is 0.286. The predicted octanol–water partition coefficient (Wildman–Crippen LogP) is 1.10. The molecule has 1 heterocycles. The summed E-state index contributed by atoms with van der Waals surface area (Å²) in [5, 5.41) is 5.83. The number of rotatable bonds is 5. The lowest BCUT2D eigenvalue weighted by Crippen LogP contribution is -2.32. The minimum Gasteiger partial charge on any atom is -0.325 e. The maximum atomic E-state index is 11.7. The van der Waals surface area contributed by atoms with E-state index in [9.17, 15) is 9.59 Å². The molecule has 1 amide bonds. The van der Waals surface area contributed by atoms with Gasteiger partial charge in [0.1, 0.15) is 0 Å². The SMILES string of the molecule is CC(C)NCC(=O)Nc1ccc(-n2cc[nH]c2=O)cc1. The third-order valence-electron chi connectivity index (χ3n) is 2.75. The highest BCUT2D eigenvalue weighted by atomic mass is 16.2. The summed E-state index contributed by atoms with van der Waals surface area (Å²) < 4.78 is 1.49. The summed E-state index contributed by atoms with van der Waals surface area (Å²) in [6.45, 7) is 4.24. The van der Waals surface area contributed by atoms with Crippen molar-refractivity contribution in [2.45, 2.75) is 19.9 Å². The maximum Gasteiger partial charge on any atom is 0.330 e. The van der Waals surface area contributed by atoms with Crippen LogP contribution in [-0.2, 0) is 4.79 Å². The van der Waals surface area contributed by atoms with E-state index in [1.165, 1.54) is 4.57 Å². The van der Waals surface area contributed by atoms with Crippen LogP contribution in [-0.4, -0.2) is 28.0 Å². The molecule has 0 spiro atoms. The van der Waals surface area contributed by atoms with E-state index in [1.54, 1.807) is 36.7 Å². The number of benzene rings is 1. The molecule has 0 bridgehead atoms. The van der Waals surface area contributed by atoms with E-state index >= 15 is 0 Å². The molecule has 0 aliphatic rings. The first-order chi connectivity index (χ1) is 9.56. The standard InChI is InChI=1S/C14H18N4O2/c1-10(2)16-9-13(19)17-11-3-5-12(6-4-11)18-8-7-15-14(18)20/h3-8,10,16H,9H2,1-2H3,(H,15,20)(H,17,19). The average molecular weight is 274 g/mol. The zero-order valence-electron chi connectivity index (χ0n) is 11.5. The summed E-state index contributed by atoms with van der Waals surface area (Å²) in [4.78, 5) is 25.7. The second kappa shape index (κ2) is 6.21. The van der Waals surface area contributed by atoms with Gasteiger partial charge in [0.15, 0.2) is 0 Å². The van der Waals surface area contributed by atoms with Crippen molar-refractivity contribution in [2.75, 3.05) is 11.9 Å². The average Bonchev–Trinajstić information content (AvgIpc) is 2.84. The van der Waals surface area contributed by atoms with Gasteiger partial charge in [-0.05, 0) is 24.3 Å². The van der Waals surface area contributed by atoms with E-state index in [4.69, 9.17) is 0 Å². The van der Waals surface area contributed by atoms with Crippen LogP contribution < -0.4 is 16.3 Å². The van der Waals surface area contributed by atoms with Crippen molar-refractivity contribution in [3.63, 3.8) is 0 Å². The molecule has 1 aromatic carbocycles. The molecule has 0 aliphatic carbocycles. The number of nitrogens with zero attached hydrogens (tertiary/aromatic N) is 1. The van der Waals surface area contributed by atoms with Gasteiger partial charge >= 0.3 is 5.69 Å². The highest BCUT2D eigenvalue weighted by molar-refractivity contribution is 5.92. The number of carbonyl (C=O) groups is 1. The monoisotopic (exact) mass is 274 g/mol. The molecule has 0 unspecified atom stereocenters. The largest absolute Gasteiger partial charge is 0.330 e. The van der Waals surface area contributed by atoms with Crippen LogP contribution >= 0.6 is 0 Å². The Morgan fingerprint density at radius 3 is 2.55 bits per heavy atom. The van der Waals surface area contributed by atoms with Crippen LogP contribution in [0.2, 0.25) is 0 Å². The van der Waals surface area contributed by atoms with Crippen LogP contribution in [0.3, 0.4) is 0 Å². The van der Waals surface area contributed by atoms with Crippen LogP contribution in [0.4, 0.5) is 5.69 Å². The number of nitrogens with one attached hydrogen (secondary N) is 3.